The highest BCUT2D eigenvalue weighted by Gasteiger charge is 2.34. The summed E-state index contributed by atoms with van der Waals surface area (Å²) in [5.41, 5.74) is 13.1. The van der Waals surface area contributed by atoms with Gasteiger partial charge in [-0.05, 0) is 76.2 Å². The summed E-state index contributed by atoms with van der Waals surface area (Å²) in [6, 6.07) is 0.302. The van der Waals surface area contributed by atoms with Gasteiger partial charge < -0.3 is 16.8 Å². The van der Waals surface area contributed by atoms with Crippen molar-refractivity contribution in [2.45, 2.75) is 125 Å². The zero-order chi connectivity index (χ0) is 25.3. The van der Waals surface area contributed by atoms with Crippen LogP contribution in [0.15, 0.2) is 12.3 Å². The minimum atomic E-state index is -0.172. The van der Waals surface area contributed by atoms with Crippen LogP contribution in [0.2, 0.25) is 0 Å². The minimum absolute atomic E-state index is 0.0475. The number of hydrogen-bond acceptors (Lipinski definition) is 4. The van der Waals surface area contributed by atoms with Crippen LogP contribution in [0.1, 0.15) is 108 Å². The molecule has 32 heavy (non-hydrogen) atoms. The highest BCUT2D eigenvalue weighted by atomic mass is 16.1. The summed E-state index contributed by atoms with van der Waals surface area (Å²) in [4.78, 5) is 13.4. The van der Waals surface area contributed by atoms with Gasteiger partial charge in [0.05, 0.1) is 6.04 Å². The van der Waals surface area contributed by atoms with Crippen LogP contribution in [-0.2, 0) is 4.79 Å². The molecule has 2 aliphatic rings. The van der Waals surface area contributed by atoms with Crippen LogP contribution < -0.4 is 16.8 Å². The maximum Gasteiger partial charge on any atom is 0.234 e. The number of hydrogen-bond donors (Lipinski definition) is 3. The molecule has 2 unspecified atom stereocenters. The summed E-state index contributed by atoms with van der Waals surface area (Å²) in [7, 11) is 0. The molecule has 190 valence electrons. The lowest BCUT2D eigenvalue weighted by molar-refractivity contribution is -0.127. The third-order valence-corrected chi connectivity index (χ3v) is 6.86. The lowest BCUT2D eigenvalue weighted by Gasteiger charge is -2.43. The Morgan fingerprint density at radius 3 is 1.94 bits per heavy atom. The first-order valence-corrected chi connectivity index (χ1v) is 12.6. The van der Waals surface area contributed by atoms with Crippen molar-refractivity contribution in [2.24, 2.45) is 28.2 Å². The number of nitrogens with zero attached hydrogens (tertiary/aromatic N) is 1. The van der Waals surface area contributed by atoms with E-state index in [-0.39, 0.29) is 22.9 Å². The lowest BCUT2D eigenvalue weighted by Crippen LogP contribution is -2.55. The first kappa shape index (κ1) is 30.9. The maximum absolute atomic E-state index is 11.2. The second-order valence-corrected chi connectivity index (χ2v) is 12.7. The van der Waals surface area contributed by atoms with Crippen LogP contribution in [0.25, 0.3) is 0 Å². The molecule has 2 rings (SSSR count). The summed E-state index contributed by atoms with van der Waals surface area (Å²) in [5.74, 6) is 0.641. The molecule has 0 aromatic heterocycles. The molecule has 0 aromatic carbocycles. The Morgan fingerprint density at radius 2 is 1.66 bits per heavy atom. The quantitative estimate of drug-likeness (QED) is 0.521. The van der Waals surface area contributed by atoms with Gasteiger partial charge in [0.25, 0.3) is 0 Å². The fourth-order valence-corrected chi connectivity index (χ4v) is 4.19. The van der Waals surface area contributed by atoms with E-state index in [1.807, 2.05) is 0 Å². The van der Waals surface area contributed by atoms with E-state index in [0.29, 0.717) is 11.5 Å². The predicted molar refractivity (Wildman–Crippen MR) is 140 cm³/mol. The number of nitrogens with one attached hydrogen (secondary N) is 1. The molecule has 2 aliphatic heterocycles. The Balaban J connectivity index is 0.000000465. The standard InChI is InChI=1S/C10H20N2O.C10H19N.C7H17N/c1-10(2,3)12-7-5-4-6-8(12)9(11)13;1-8-5-6-9(7-11-8)10(2,3)4;1-5-6(8)7(2,3)4/h8H,4-7H2,1-3H3,(H2,11,13);9,11H,1,5-7H2,2-4H3;6H,5,8H2,1-4H3/t;;6-/m..0/s1. The third-order valence-electron chi connectivity index (χ3n) is 6.86. The average molecular weight is 453 g/mol. The third kappa shape index (κ3) is 11.7. The van der Waals surface area contributed by atoms with Crippen molar-refractivity contribution >= 4 is 5.91 Å². The Hall–Kier alpha value is -1.07. The lowest BCUT2D eigenvalue weighted by atomic mass is 9.76. The van der Waals surface area contributed by atoms with Gasteiger partial charge in [-0.1, -0.05) is 61.5 Å². The van der Waals surface area contributed by atoms with Gasteiger partial charge in [-0.25, -0.2) is 0 Å². The number of piperidine rings is 2. The van der Waals surface area contributed by atoms with Gasteiger partial charge in [0.2, 0.25) is 5.91 Å². The summed E-state index contributed by atoms with van der Waals surface area (Å²) < 4.78 is 0. The number of carbonyl (C=O) groups is 1. The Labute approximate surface area is 200 Å². The first-order chi connectivity index (χ1) is 14.4. The second-order valence-electron chi connectivity index (χ2n) is 12.7. The van der Waals surface area contributed by atoms with E-state index < -0.39 is 0 Å². The fraction of sp³-hybridized carbons (Fsp3) is 0.889. The number of primary amides is 1. The summed E-state index contributed by atoms with van der Waals surface area (Å²) >= 11 is 0. The first-order valence-electron chi connectivity index (χ1n) is 12.6. The van der Waals surface area contributed by atoms with Crippen molar-refractivity contribution in [1.82, 2.24) is 10.2 Å². The SMILES string of the molecule is C=C1CCC(C(C)(C)C)CN1.CC(C)(C)N1CCCCC1C(N)=O.CC[C@H](N)C(C)(C)C. The van der Waals surface area contributed by atoms with E-state index in [9.17, 15) is 4.79 Å². The molecule has 0 radical (unpaired) electrons. The highest BCUT2D eigenvalue weighted by Crippen LogP contribution is 2.32. The zero-order valence-electron chi connectivity index (χ0n) is 23.1. The van der Waals surface area contributed by atoms with Gasteiger partial charge in [-0.3, -0.25) is 9.69 Å². The van der Waals surface area contributed by atoms with E-state index in [2.05, 4.69) is 86.0 Å². The van der Waals surface area contributed by atoms with Crippen LogP contribution in [0.5, 0.6) is 0 Å². The minimum Gasteiger partial charge on any atom is -0.389 e. The van der Waals surface area contributed by atoms with E-state index in [1.54, 1.807) is 0 Å². The average Bonchev–Trinajstić information content (AvgIpc) is 2.66. The number of rotatable bonds is 2. The molecule has 5 heteroatoms. The summed E-state index contributed by atoms with van der Waals surface area (Å²) in [6.45, 7) is 28.0. The molecule has 0 aromatic rings. The van der Waals surface area contributed by atoms with Crippen LogP contribution in [0, 0.1) is 16.7 Å². The molecule has 0 saturated carbocycles. The highest BCUT2D eigenvalue weighted by molar-refractivity contribution is 5.80. The number of allylic oxidation sites excluding steroid dienone is 1. The van der Waals surface area contributed by atoms with Crippen molar-refractivity contribution < 1.29 is 4.79 Å². The van der Waals surface area contributed by atoms with E-state index in [0.717, 1.165) is 44.7 Å². The number of carbonyl (C=O) groups excluding carboxylic acids is 1. The van der Waals surface area contributed by atoms with Crippen molar-refractivity contribution in [3.8, 4) is 0 Å². The molecule has 2 fully saturated rings. The molecule has 2 heterocycles. The largest absolute Gasteiger partial charge is 0.389 e. The Kier molecular flexibility index (Phi) is 12.5. The molecule has 0 spiro atoms. The van der Waals surface area contributed by atoms with Crippen molar-refractivity contribution in [2.75, 3.05) is 13.1 Å². The molecule has 5 N–H and O–H groups in total. The molecule has 3 atom stereocenters. The van der Waals surface area contributed by atoms with E-state index in [4.69, 9.17) is 11.5 Å². The maximum atomic E-state index is 11.2. The summed E-state index contributed by atoms with van der Waals surface area (Å²) in [5, 5.41) is 3.34. The van der Waals surface area contributed by atoms with E-state index in [1.165, 1.54) is 18.5 Å². The van der Waals surface area contributed by atoms with Crippen molar-refractivity contribution in [3.05, 3.63) is 12.3 Å². The van der Waals surface area contributed by atoms with Gasteiger partial charge in [0, 0.05) is 23.8 Å². The Bertz CT molecular complexity index is 556. The smallest absolute Gasteiger partial charge is 0.234 e. The number of nitrogens with two attached hydrogens (primary N) is 2. The molecule has 1 amide bonds. The van der Waals surface area contributed by atoms with Crippen LogP contribution in [-0.4, -0.2) is 41.5 Å². The normalized spacial score (nSPS) is 23.7. The monoisotopic (exact) mass is 452 g/mol. The van der Waals surface area contributed by atoms with Gasteiger partial charge in [-0.15, -0.1) is 0 Å². The van der Waals surface area contributed by atoms with Crippen molar-refractivity contribution in [3.63, 3.8) is 0 Å². The Morgan fingerprint density at radius 1 is 1.09 bits per heavy atom. The van der Waals surface area contributed by atoms with Gasteiger partial charge >= 0.3 is 0 Å². The molecule has 2 saturated heterocycles. The molecule has 0 bridgehead atoms. The molecular formula is C27H56N4O. The van der Waals surface area contributed by atoms with E-state index >= 15 is 0 Å². The topological polar surface area (TPSA) is 84.4 Å². The number of likely N-dealkylation sites (tertiary alicyclic amines) is 1. The second kappa shape index (κ2) is 13.0. The van der Waals surface area contributed by atoms with Crippen LogP contribution in [0.3, 0.4) is 0 Å². The number of amides is 1. The summed E-state index contributed by atoms with van der Waals surface area (Å²) in [6.07, 6.45) is 6.76. The van der Waals surface area contributed by atoms with Crippen molar-refractivity contribution in [1.29, 1.82) is 0 Å². The van der Waals surface area contributed by atoms with Crippen LogP contribution in [0.4, 0.5) is 0 Å². The van der Waals surface area contributed by atoms with Crippen LogP contribution >= 0.6 is 0 Å². The molecule has 5 nitrogen and oxygen atoms in total. The fourth-order valence-electron chi connectivity index (χ4n) is 4.19. The van der Waals surface area contributed by atoms with Gasteiger partial charge in [0.15, 0.2) is 0 Å². The molecular weight excluding hydrogens is 396 g/mol. The van der Waals surface area contributed by atoms with Gasteiger partial charge in [-0.2, -0.15) is 0 Å². The van der Waals surface area contributed by atoms with Gasteiger partial charge in [0.1, 0.15) is 0 Å². The molecule has 0 aliphatic carbocycles. The predicted octanol–water partition coefficient (Wildman–Crippen LogP) is 5.44. The zero-order valence-corrected chi connectivity index (χ0v) is 23.1.